The second kappa shape index (κ2) is 4.15. The Hall–Kier alpha value is -0.240. The van der Waals surface area contributed by atoms with Crippen molar-refractivity contribution in [2.75, 3.05) is 6.54 Å². The molecule has 1 aromatic carbocycles. The van der Waals surface area contributed by atoms with Gasteiger partial charge in [0.05, 0.1) is 10.0 Å². The summed E-state index contributed by atoms with van der Waals surface area (Å²) in [5.74, 6) is 1.88. The van der Waals surface area contributed by atoms with Crippen molar-refractivity contribution in [3.05, 3.63) is 33.8 Å². The fraction of sp³-hybridized carbons (Fsp3) is 0.571. The van der Waals surface area contributed by atoms with Gasteiger partial charge in [-0.05, 0) is 61.1 Å². The largest absolute Gasteiger partial charge is 0.330 e. The molecule has 0 aromatic heterocycles. The molecule has 92 valence electrons. The Morgan fingerprint density at radius 2 is 1.94 bits per heavy atom. The molecule has 0 spiro atoms. The summed E-state index contributed by atoms with van der Waals surface area (Å²) < 4.78 is 0. The molecular weight excluding hydrogens is 253 g/mol. The van der Waals surface area contributed by atoms with Crippen molar-refractivity contribution in [2.24, 2.45) is 23.0 Å². The van der Waals surface area contributed by atoms with Gasteiger partial charge in [0.2, 0.25) is 0 Å². The summed E-state index contributed by atoms with van der Waals surface area (Å²) in [7, 11) is 0. The van der Waals surface area contributed by atoms with Crippen LogP contribution in [0.25, 0.3) is 0 Å². The number of hydrogen-bond acceptors (Lipinski definition) is 1. The molecule has 2 saturated carbocycles. The summed E-state index contributed by atoms with van der Waals surface area (Å²) in [6, 6.07) is 5.90. The van der Waals surface area contributed by atoms with Gasteiger partial charge >= 0.3 is 0 Å². The Morgan fingerprint density at radius 1 is 1.24 bits per heavy atom. The maximum atomic E-state index is 6.27. The molecule has 0 saturated heterocycles. The molecule has 2 aliphatic carbocycles. The first-order valence-corrected chi connectivity index (χ1v) is 7.02. The van der Waals surface area contributed by atoms with Crippen LogP contribution in [0.4, 0.5) is 0 Å². The Bertz CT molecular complexity index is 434. The third-order valence-corrected chi connectivity index (χ3v) is 5.35. The van der Waals surface area contributed by atoms with Gasteiger partial charge in [-0.1, -0.05) is 35.3 Å². The summed E-state index contributed by atoms with van der Waals surface area (Å²) in [5.41, 5.74) is 7.45. The molecule has 1 aromatic rings. The molecule has 2 aliphatic rings. The van der Waals surface area contributed by atoms with Crippen molar-refractivity contribution in [3.63, 3.8) is 0 Å². The second-order valence-corrected chi connectivity index (χ2v) is 6.54. The van der Waals surface area contributed by atoms with Crippen LogP contribution in [-0.2, 0) is 6.42 Å². The van der Waals surface area contributed by atoms with Crippen LogP contribution in [0.5, 0.6) is 0 Å². The summed E-state index contributed by atoms with van der Waals surface area (Å²) in [6.07, 6.45) is 4.95. The van der Waals surface area contributed by atoms with Crippen LogP contribution in [0.15, 0.2) is 18.2 Å². The number of nitrogens with two attached hydrogens (primary N) is 1. The Labute approximate surface area is 112 Å². The Balaban J connectivity index is 1.83. The van der Waals surface area contributed by atoms with E-state index in [2.05, 4.69) is 6.07 Å². The van der Waals surface area contributed by atoms with E-state index in [0.717, 1.165) is 30.4 Å². The van der Waals surface area contributed by atoms with Gasteiger partial charge in [0.15, 0.2) is 0 Å². The third-order valence-electron chi connectivity index (χ3n) is 4.49. The molecular formula is C14H17Cl2N. The van der Waals surface area contributed by atoms with Crippen molar-refractivity contribution in [2.45, 2.75) is 25.7 Å². The van der Waals surface area contributed by atoms with Crippen LogP contribution < -0.4 is 5.73 Å². The molecule has 2 atom stereocenters. The highest BCUT2D eigenvalue weighted by atomic mass is 35.5. The molecule has 0 heterocycles. The predicted octanol–water partition coefficient (Wildman–Crippen LogP) is 3.91. The standard InChI is InChI=1S/C14H17Cl2N/c15-12-3-1-2-9(13(12)16)5-14(8-17)6-10-4-11(10)7-14/h1-3,10-11H,4-8,17H2. The topological polar surface area (TPSA) is 26.0 Å². The van der Waals surface area contributed by atoms with Gasteiger partial charge in [0.25, 0.3) is 0 Å². The van der Waals surface area contributed by atoms with E-state index in [9.17, 15) is 0 Å². The molecule has 0 bridgehead atoms. The van der Waals surface area contributed by atoms with Crippen LogP contribution in [-0.4, -0.2) is 6.54 Å². The molecule has 0 aliphatic heterocycles. The lowest BCUT2D eigenvalue weighted by molar-refractivity contribution is 0.273. The number of fused-ring (bicyclic) bond motifs is 1. The zero-order valence-electron chi connectivity index (χ0n) is 9.76. The maximum absolute atomic E-state index is 6.27. The minimum atomic E-state index is 0.280. The lowest BCUT2D eigenvalue weighted by atomic mass is 9.77. The lowest BCUT2D eigenvalue weighted by Crippen LogP contribution is -2.31. The number of rotatable bonds is 3. The first kappa shape index (κ1) is 11.8. The first-order valence-electron chi connectivity index (χ1n) is 6.26. The Kier molecular flexibility index (Phi) is 2.89. The highest BCUT2D eigenvalue weighted by Crippen LogP contribution is 2.60. The average molecular weight is 270 g/mol. The summed E-state index contributed by atoms with van der Waals surface area (Å²) in [4.78, 5) is 0. The Morgan fingerprint density at radius 3 is 2.59 bits per heavy atom. The summed E-state index contributed by atoms with van der Waals surface area (Å²) in [5, 5.41) is 1.36. The zero-order chi connectivity index (χ0) is 12.0. The minimum Gasteiger partial charge on any atom is -0.330 e. The molecule has 3 heteroatoms. The van der Waals surface area contributed by atoms with Crippen molar-refractivity contribution in [1.29, 1.82) is 0 Å². The van der Waals surface area contributed by atoms with Crippen LogP contribution in [0.3, 0.4) is 0 Å². The van der Waals surface area contributed by atoms with E-state index in [1.54, 1.807) is 0 Å². The van der Waals surface area contributed by atoms with E-state index >= 15 is 0 Å². The predicted molar refractivity (Wildman–Crippen MR) is 72.5 cm³/mol. The van der Waals surface area contributed by atoms with Crippen LogP contribution in [0.2, 0.25) is 10.0 Å². The normalized spacial score (nSPS) is 34.8. The minimum absolute atomic E-state index is 0.280. The molecule has 3 rings (SSSR count). The van der Waals surface area contributed by atoms with E-state index in [0.29, 0.717) is 10.0 Å². The van der Waals surface area contributed by atoms with E-state index in [-0.39, 0.29) is 5.41 Å². The maximum Gasteiger partial charge on any atom is 0.0624 e. The van der Waals surface area contributed by atoms with Crippen LogP contribution >= 0.6 is 23.2 Å². The van der Waals surface area contributed by atoms with E-state index in [1.165, 1.54) is 19.3 Å². The SMILES string of the molecule is NCC1(Cc2cccc(Cl)c2Cl)CC2CC2C1. The van der Waals surface area contributed by atoms with Crippen molar-refractivity contribution < 1.29 is 0 Å². The fourth-order valence-corrected chi connectivity index (χ4v) is 3.87. The molecule has 2 fully saturated rings. The van der Waals surface area contributed by atoms with E-state index in [1.807, 2.05) is 12.1 Å². The van der Waals surface area contributed by atoms with Crippen molar-refractivity contribution >= 4 is 23.2 Å². The molecule has 0 amide bonds. The van der Waals surface area contributed by atoms with Gasteiger partial charge in [0.1, 0.15) is 0 Å². The highest BCUT2D eigenvalue weighted by Gasteiger charge is 2.52. The molecule has 0 radical (unpaired) electrons. The van der Waals surface area contributed by atoms with Gasteiger partial charge in [-0.25, -0.2) is 0 Å². The smallest absolute Gasteiger partial charge is 0.0624 e. The summed E-state index contributed by atoms with van der Waals surface area (Å²) in [6.45, 7) is 0.767. The van der Waals surface area contributed by atoms with Gasteiger partial charge in [-0.15, -0.1) is 0 Å². The average Bonchev–Trinajstić information content (AvgIpc) is 2.94. The monoisotopic (exact) mass is 269 g/mol. The van der Waals surface area contributed by atoms with E-state index in [4.69, 9.17) is 28.9 Å². The fourth-order valence-electron chi connectivity index (χ4n) is 3.48. The number of hydrogen-bond donors (Lipinski definition) is 1. The van der Waals surface area contributed by atoms with Gasteiger partial charge in [-0.2, -0.15) is 0 Å². The quantitative estimate of drug-likeness (QED) is 0.885. The van der Waals surface area contributed by atoms with Gasteiger partial charge in [-0.3, -0.25) is 0 Å². The first-order chi connectivity index (χ1) is 8.13. The number of benzene rings is 1. The van der Waals surface area contributed by atoms with Gasteiger partial charge < -0.3 is 5.73 Å². The summed E-state index contributed by atoms with van der Waals surface area (Å²) >= 11 is 12.3. The van der Waals surface area contributed by atoms with Crippen LogP contribution in [0, 0.1) is 17.3 Å². The lowest BCUT2D eigenvalue weighted by Gasteiger charge is -2.30. The zero-order valence-corrected chi connectivity index (χ0v) is 11.3. The van der Waals surface area contributed by atoms with Crippen molar-refractivity contribution in [3.8, 4) is 0 Å². The van der Waals surface area contributed by atoms with Crippen LogP contribution in [0.1, 0.15) is 24.8 Å². The molecule has 2 unspecified atom stereocenters. The third kappa shape index (κ3) is 2.09. The highest BCUT2D eigenvalue weighted by molar-refractivity contribution is 6.42. The molecule has 17 heavy (non-hydrogen) atoms. The molecule has 2 N–H and O–H groups in total. The van der Waals surface area contributed by atoms with Gasteiger partial charge in [0, 0.05) is 0 Å². The second-order valence-electron chi connectivity index (χ2n) is 5.76. The number of halogens is 2. The van der Waals surface area contributed by atoms with E-state index < -0.39 is 0 Å². The molecule has 1 nitrogen and oxygen atoms in total. The van der Waals surface area contributed by atoms with Crippen molar-refractivity contribution in [1.82, 2.24) is 0 Å².